The molecule has 136 valence electrons. The summed E-state index contributed by atoms with van der Waals surface area (Å²) in [4.78, 5) is 29.9. The van der Waals surface area contributed by atoms with E-state index in [2.05, 4.69) is 16.5 Å². The van der Waals surface area contributed by atoms with Gasteiger partial charge in [0, 0.05) is 38.2 Å². The van der Waals surface area contributed by atoms with Gasteiger partial charge in [-0.1, -0.05) is 11.4 Å². The van der Waals surface area contributed by atoms with Gasteiger partial charge in [-0.25, -0.2) is 0 Å². The third-order valence-electron chi connectivity index (χ3n) is 5.98. The summed E-state index contributed by atoms with van der Waals surface area (Å²) in [5.41, 5.74) is -0.213. The zero-order valence-electron chi connectivity index (χ0n) is 14.5. The molecule has 3 aliphatic heterocycles. The highest BCUT2D eigenvalue weighted by atomic mass is 32.1. The SMILES string of the molecule is CC1CCN(C(=O)[C@@]23CCO[C@@H]2CCN(C(=O)c2csnn2)C3)CC1. The lowest BCUT2D eigenvalue weighted by atomic mass is 9.74. The number of rotatable bonds is 2. The van der Waals surface area contributed by atoms with E-state index in [4.69, 9.17) is 4.74 Å². The molecule has 1 aromatic rings. The molecular weight excluding hydrogens is 340 g/mol. The Balaban J connectivity index is 1.54. The average molecular weight is 364 g/mol. The van der Waals surface area contributed by atoms with Crippen LogP contribution in [0.3, 0.4) is 0 Å². The van der Waals surface area contributed by atoms with Gasteiger partial charge in [-0.3, -0.25) is 9.59 Å². The molecule has 8 heteroatoms. The lowest BCUT2D eigenvalue weighted by Crippen LogP contribution is -2.59. The van der Waals surface area contributed by atoms with Crippen LogP contribution in [0.25, 0.3) is 0 Å². The van der Waals surface area contributed by atoms with Gasteiger partial charge in [-0.2, -0.15) is 0 Å². The Hall–Kier alpha value is -1.54. The van der Waals surface area contributed by atoms with E-state index in [9.17, 15) is 9.59 Å². The second-order valence-corrected chi connectivity index (χ2v) is 8.16. The quantitative estimate of drug-likeness (QED) is 0.793. The van der Waals surface area contributed by atoms with Crippen LogP contribution in [0.5, 0.6) is 0 Å². The zero-order valence-corrected chi connectivity index (χ0v) is 15.3. The van der Waals surface area contributed by atoms with Crippen molar-refractivity contribution < 1.29 is 14.3 Å². The van der Waals surface area contributed by atoms with Crippen LogP contribution in [0.1, 0.15) is 43.1 Å². The minimum Gasteiger partial charge on any atom is -0.377 e. The third kappa shape index (κ3) is 2.95. The van der Waals surface area contributed by atoms with Crippen LogP contribution in [-0.2, 0) is 9.53 Å². The van der Waals surface area contributed by atoms with E-state index in [0.29, 0.717) is 44.1 Å². The van der Waals surface area contributed by atoms with Crippen LogP contribution in [0, 0.1) is 11.3 Å². The summed E-state index contributed by atoms with van der Waals surface area (Å²) < 4.78 is 9.68. The number of carbonyl (C=O) groups excluding carboxylic acids is 2. The Kier molecular flexibility index (Phi) is 4.49. The number of amides is 2. The Bertz CT molecular complexity index is 644. The lowest BCUT2D eigenvalue weighted by molar-refractivity contribution is -0.150. The molecule has 0 unspecified atom stereocenters. The summed E-state index contributed by atoms with van der Waals surface area (Å²) in [7, 11) is 0. The third-order valence-corrected chi connectivity index (χ3v) is 6.49. The topological polar surface area (TPSA) is 75.6 Å². The van der Waals surface area contributed by atoms with Crippen molar-refractivity contribution >= 4 is 23.3 Å². The van der Waals surface area contributed by atoms with Crippen molar-refractivity contribution in [2.75, 3.05) is 32.8 Å². The molecule has 4 rings (SSSR count). The molecule has 0 bridgehead atoms. The van der Waals surface area contributed by atoms with E-state index < -0.39 is 5.41 Å². The number of hydrogen-bond donors (Lipinski definition) is 0. The van der Waals surface area contributed by atoms with E-state index >= 15 is 0 Å². The summed E-state index contributed by atoms with van der Waals surface area (Å²) in [5, 5.41) is 5.56. The van der Waals surface area contributed by atoms with E-state index in [1.807, 2.05) is 4.90 Å². The number of ether oxygens (including phenoxy) is 1. The number of carbonyl (C=O) groups is 2. The summed E-state index contributed by atoms with van der Waals surface area (Å²) in [5.74, 6) is 0.730. The number of likely N-dealkylation sites (tertiary alicyclic amines) is 2. The van der Waals surface area contributed by atoms with Gasteiger partial charge in [0.15, 0.2) is 5.69 Å². The second-order valence-electron chi connectivity index (χ2n) is 7.55. The second kappa shape index (κ2) is 6.64. The van der Waals surface area contributed by atoms with Gasteiger partial charge in [0.05, 0.1) is 11.5 Å². The standard InChI is InChI=1S/C17H24N4O3S/c1-12-2-6-20(7-3-12)16(23)17-5-9-24-14(17)4-8-21(11-17)15(22)13-10-25-19-18-13/h10,12,14H,2-9,11H2,1H3/t14-,17-/m1/s1. The predicted molar refractivity (Wildman–Crippen MR) is 92.2 cm³/mol. The minimum atomic E-state index is -0.585. The van der Waals surface area contributed by atoms with Crippen molar-refractivity contribution in [3.05, 3.63) is 11.1 Å². The van der Waals surface area contributed by atoms with Gasteiger partial charge < -0.3 is 14.5 Å². The molecule has 3 fully saturated rings. The molecule has 1 aromatic heterocycles. The average Bonchev–Trinajstić information content (AvgIpc) is 3.30. The molecule has 4 heterocycles. The van der Waals surface area contributed by atoms with Gasteiger partial charge in [-0.15, -0.1) is 5.10 Å². The molecule has 3 aliphatic rings. The van der Waals surface area contributed by atoms with Crippen molar-refractivity contribution in [3.63, 3.8) is 0 Å². The smallest absolute Gasteiger partial charge is 0.275 e. The number of nitrogens with zero attached hydrogens (tertiary/aromatic N) is 4. The van der Waals surface area contributed by atoms with Gasteiger partial charge in [0.25, 0.3) is 5.91 Å². The van der Waals surface area contributed by atoms with Gasteiger partial charge in [0.1, 0.15) is 0 Å². The first-order valence-electron chi connectivity index (χ1n) is 9.07. The largest absolute Gasteiger partial charge is 0.377 e. The van der Waals surface area contributed by atoms with Crippen LogP contribution in [-0.4, -0.2) is 70.1 Å². The number of aromatic nitrogens is 2. The van der Waals surface area contributed by atoms with Crippen LogP contribution in [0.15, 0.2) is 5.38 Å². The van der Waals surface area contributed by atoms with Gasteiger partial charge >= 0.3 is 0 Å². The molecular formula is C17H24N4O3S. The highest BCUT2D eigenvalue weighted by molar-refractivity contribution is 7.03. The van der Waals surface area contributed by atoms with Gasteiger partial charge in [0.2, 0.25) is 5.91 Å². The first-order chi connectivity index (χ1) is 12.1. The zero-order chi connectivity index (χ0) is 17.4. The minimum absolute atomic E-state index is 0.0723. The molecule has 3 saturated heterocycles. The number of piperidine rings is 2. The summed E-state index contributed by atoms with van der Waals surface area (Å²) in [6, 6.07) is 0. The van der Waals surface area contributed by atoms with E-state index in [-0.39, 0.29) is 17.9 Å². The fourth-order valence-corrected chi connectivity index (χ4v) is 4.80. The Morgan fingerprint density at radius 3 is 2.72 bits per heavy atom. The molecule has 2 amide bonds. The van der Waals surface area contributed by atoms with Crippen molar-refractivity contribution in [2.45, 2.75) is 38.7 Å². The van der Waals surface area contributed by atoms with Crippen molar-refractivity contribution in [3.8, 4) is 0 Å². The fraction of sp³-hybridized carbons (Fsp3) is 0.765. The van der Waals surface area contributed by atoms with Gasteiger partial charge in [-0.05, 0) is 43.1 Å². The van der Waals surface area contributed by atoms with E-state index in [1.165, 1.54) is 11.5 Å². The first-order valence-corrected chi connectivity index (χ1v) is 9.91. The molecule has 0 N–H and O–H groups in total. The highest BCUT2D eigenvalue weighted by Crippen LogP contribution is 2.43. The monoisotopic (exact) mass is 364 g/mol. The summed E-state index contributed by atoms with van der Waals surface area (Å²) in [6.07, 6.45) is 3.44. The Morgan fingerprint density at radius 1 is 1.24 bits per heavy atom. The number of fused-ring (bicyclic) bond motifs is 1. The molecule has 0 aromatic carbocycles. The first kappa shape index (κ1) is 16.9. The van der Waals surface area contributed by atoms with E-state index in [0.717, 1.165) is 25.9 Å². The molecule has 0 aliphatic carbocycles. The molecule has 7 nitrogen and oxygen atoms in total. The lowest BCUT2D eigenvalue weighted by Gasteiger charge is -2.45. The maximum atomic E-state index is 13.4. The Labute approximate surface area is 151 Å². The predicted octanol–water partition coefficient (Wildman–Crippen LogP) is 1.42. The molecule has 0 radical (unpaired) electrons. The maximum absolute atomic E-state index is 13.4. The maximum Gasteiger partial charge on any atom is 0.275 e. The van der Waals surface area contributed by atoms with Crippen LogP contribution < -0.4 is 0 Å². The highest BCUT2D eigenvalue weighted by Gasteiger charge is 2.55. The summed E-state index contributed by atoms with van der Waals surface area (Å²) >= 11 is 1.17. The van der Waals surface area contributed by atoms with E-state index in [1.54, 1.807) is 10.3 Å². The van der Waals surface area contributed by atoms with Crippen LogP contribution in [0.2, 0.25) is 0 Å². The molecule has 0 spiro atoms. The number of hydrogen-bond acceptors (Lipinski definition) is 6. The normalized spacial score (nSPS) is 30.4. The van der Waals surface area contributed by atoms with Crippen molar-refractivity contribution in [2.24, 2.45) is 11.3 Å². The fourth-order valence-electron chi connectivity index (χ4n) is 4.37. The Morgan fingerprint density at radius 2 is 2.00 bits per heavy atom. The molecule has 0 saturated carbocycles. The van der Waals surface area contributed by atoms with Crippen LogP contribution >= 0.6 is 11.5 Å². The van der Waals surface area contributed by atoms with Crippen molar-refractivity contribution in [1.82, 2.24) is 19.4 Å². The van der Waals surface area contributed by atoms with Crippen LogP contribution in [0.4, 0.5) is 0 Å². The molecule has 2 atom stereocenters. The van der Waals surface area contributed by atoms with Crippen molar-refractivity contribution in [1.29, 1.82) is 0 Å². The molecule has 25 heavy (non-hydrogen) atoms. The summed E-state index contributed by atoms with van der Waals surface area (Å²) in [6.45, 7) is 5.51.